The fraction of sp³-hybridized carbons (Fsp3) is 0.471. The molecule has 134 valence electrons. The summed E-state index contributed by atoms with van der Waals surface area (Å²) in [5, 5.41) is 8.91. The Bertz CT molecular complexity index is 754. The number of likely N-dealkylation sites (tertiary alicyclic amines) is 1. The average molecular weight is 352 g/mol. The van der Waals surface area contributed by atoms with Crippen molar-refractivity contribution in [3.8, 4) is 0 Å². The number of carbonyl (C=O) groups excluding carboxylic acids is 2. The first-order valence-corrected chi connectivity index (χ1v) is 7.99. The first kappa shape index (κ1) is 17.3. The molecule has 0 bridgehead atoms. The van der Waals surface area contributed by atoms with E-state index < -0.39 is 30.0 Å². The first-order valence-electron chi connectivity index (χ1n) is 7.99. The van der Waals surface area contributed by atoms with Gasteiger partial charge in [-0.25, -0.2) is 13.6 Å². The highest BCUT2D eigenvalue weighted by atomic mass is 19.1. The van der Waals surface area contributed by atoms with E-state index in [1.807, 2.05) is 0 Å². The lowest BCUT2D eigenvalue weighted by atomic mass is 10.1. The molecule has 8 heteroatoms. The monoisotopic (exact) mass is 352 g/mol. The van der Waals surface area contributed by atoms with Crippen molar-refractivity contribution < 1.29 is 28.3 Å². The fourth-order valence-electron chi connectivity index (χ4n) is 3.31. The minimum absolute atomic E-state index is 0.0159. The molecule has 2 fully saturated rings. The van der Waals surface area contributed by atoms with Gasteiger partial charge in [-0.05, 0) is 30.7 Å². The number of amides is 2. The van der Waals surface area contributed by atoms with Gasteiger partial charge in [0.05, 0.1) is 12.5 Å². The van der Waals surface area contributed by atoms with Gasteiger partial charge in [0.15, 0.2) is 0 Å². The Morgan fingerprint density at radius 3 is 2.68 bits per heavy atom. The van der Waals surface area contributed by atoms with Crippen LogP contribution in [0.2, 0.25) is 0 Å². The summed E-state index contributed by atoms with van der Waals surface area (Å²) in [6.07, 6.45) is -0.284. The molecule has 2 aliphatic rings. The second kappa shape index (κ2) is 6.09. The summed E-state index contributed by atoms with van der Waals surface area (Å²) in [4.78, 5) is 38.3. The maximum absolute atomic E-state index is 14.1. The second-order valence-corrected chi connectivity index (χ2v) is 6.62. The molecular weight excluding hydrogens is 334 g/mol. The van der Waals surface area contributed by atoms with Crippen LogP contribution in [-0.4, -0.2) is 53.1 Å². The number of nitrogens with zero attached hydrogens (tertiary/aromatic N) is 2. The number of benzene rings is 1. The van der Waals surface area contributed by atoms with Gasteiger partial charge in [0, 0.05) is 31.6 Å². The Hall–Kier alpha value is -2.51. The van der Waals surface area contributed by atoms with E-state index in [9.17, 15) is 23.2 Å². The molecular formula is C17H18F2N2O4. The molecule has 0 aromatic heterocycles. The highest BCUT2D eigenvalue weighted by Gasteiger charge is 2.49. The number of hydrogen-bond donors (Lipinski definition) is 1. The molecule has 1 N–H and O–H groups in total. The summed E-state index contributed by atoms with van der Waals surface area (Å²) in [6.45, 7) is 1.22. The zero-order valence-corrected chi connectivity index (χ0v) is 13.7. The summed E-state index contributed by atoms with van der Waals surface area (Å²) in [6, 6.07) is 4.27. The predicted molar refractivity (Wildman–Crippen MR) is 84.3 cm³/mol. The van der Waals surface area contributed by atoms with Crippen LogP contribution in [0.5, 0.6) is 0 Å². The zero-order valence-electron chi connectivity index (χ0n) is 13.7. The molecule has 2 saturated heterocycles. The Morgan fingerprint density at radius 2 is 2.08 bits per heavy atom. The van der Waals surface area contributed by atoms with Crippen LogP contribution in [0.1, 0.15) is 18.4 Å². The van der Waals surface area contributed by atoms with Gasteiger partial charge in [0.1, 0.15) is 5.82 Å². The van der Waals surface area contributed by atoms with Gasteiger partial charge in [0.2, 0.25) is 17.5 Å². The summed E-state index contributed by atoms with van der Waals surface area (Å²) < 4.78 is 27.5. The van der Waals surface area contributed by atoms with E-state index in [4.69, 9.17) is 5.11 Å². The van der Waals surface area contributed by atoms with Crippen molar-refractivity contribution in [3.05, 3.63) is 29.6 Å². The summed E-state index contributed by atoms with van der Waals surface area (Å²) in [5.41, 5.74) is -1.53. The number of carbonyl (C=O) groups is 3. The number of carboxylic acid groups (broad SMARTS) is 1. The smallest absolute Gasteiger partial charge is 0.343 e. The van der Waals surface area contributed by atoms with E-state index in [1.54, 1.807) is 6.92 Å². The lowest BCUT2D eigenvalue weighted by Crippen LogP contribution is -2.41. The van der Waals surface area contributed by atoms with Crippen LogP contribution in [0.15, 0.2) is 18.2 Å². The molecule has 25 heavy (non-hydrogen) atoms. The van der Waals surface area contributed by atoms with Crippen LogP contribution in [-0.2, 0) is 14.4 Å². The van der Waals surface area contributed by atoms with Crippen LogP contribution in [0.3, 0.4) is 0 Å². The van der Waals surface area contributed by atoms with Crippen LogP contribution >= 0.6 is 0 Å². The predicted octanol–water partition coefficient (Wildman–Crippen LogP) is 1.51. The minimum Gasteiger partial charge on any atom is -0.479 e. The maximum Gasteiger partial charge on any atom is 0.343 e. The quantitative estimate of drug-likeness (QED) is 0.895. The van der Waals surface area contributed by atoms with Crippen molar-refractivity contribution in [2.24, 2.45) is 5.92 Å². The van der Waals surface area contributed by atoms with Gasteiger partial charge in [-0.1, -0.05) is 0 Å². The SMILES string of the molecule is Cc1cc(N2CC(C(=O)N3CCC(F)(C(=O)O)C3)CC2=O)ccc1F. The molecule has 0 aliphatic carbocycles. The van der Waals surface area contributed by atoms with Crippen molar-refractivity contribution in [3.63, 3.8) is 0 Å². The van der Waals surface area contributed by atoms with E-state index in [0.29, 0.717) is 11.3 Å². The molecule has 2 heterocycles. The minimum atomic E-state index is -2.42. The number of rotatable bonds is 3. The standard InChI is InChI=1S/C17H18F2N2O4/c1-10-6-12(2-3-13(10)18)21-8-11(7-14(21)22)15(23)20-5-4-17(19,9-20)16(24)25/h2-3,6,11H,4-5,7-9H2,1H3,(H,24,25). The molecule has 2 amide bonds. The first-order chi connectivity index (χ1) is 11.7. The summed E-state index contributed by atoms with van der Waals surface area (Å²) >= 11 is 0. The van der Waals surface area contributed by atoms with Gasteiger partial charge in [-0.3, -0.25) is 9.59 Å². The van der Waals surface area contributed by atoms with E-state index >= 15 is 0 Å². The molecule has 0 radical (unpaired) electrons. The van der Waals surface area contributed by atoms with E-state index in [-0.39, 0.29) is 37.7 Å². The van der Waals surface area contributed by atoms with Crippen LogP contribution < -0.4 is 4.90 Å². The molecule has 2 aliphatic heterocycles. The number of aryl methyl sites for hydroxylation is 1. The summed E-state index contributed by atoms with van der Waals surface area (Å²) in [7, 11) is 0. The Kier molecular flexibility index (Phi) is 4.22. The molecule has 2 unspecified atom stereocenters. The van der Waals surface area contributed by atoms with E-state index in [2.05, 4.69) is 0 Å². The number of anilines is 1. The topological polar surface area (TPSA) is 77.9 Å². The highest BCUT2D eigenvalue weighted by molar-refractivity contribution is 6.00. The number of aliphatic carboxylic acids is 1. The normalized spacial score (nSPS) is 26.4. The van der Waals surface area contributed by atoms with Gasteiger partial charge in [0.25, 0.3) is 0 Å². The van der Waals surface area contributed by atoms with Crippen molar-refractivity contribution in [1.82, 2.24) is 4.90 Å². The third-order valence-corrected chi connectivity index (χ3v) is 4.84. The molecule has 1 aromatic carbocycles. The second-order valence-electron chi connectivity index (χ2n) is 6.62. The average Bonchev–Trinajstić information content (AvgIpc) is 3.14. The molecule has 1 aromatic rings. The largest absolute Gasteiger partial charge is 0.479 e. The maximum atomic E-state index is 14.1. The molecule has 0 spiro atoms. The Labute approximate surface area is 143 Å². The van der Waals surface area contributed by atoms with E-state index in [0.717, 1.165) is 0 Å². The van der Waals surface area contributed by atoms with Crippen LogP contribution in [0, 0.1) is 18.7 Å². The molecule has 3 rings (SSSR count). The lowest BCUT2D eigenvalue weighted by molar-refractivity contribution is -0.150. The number of carboxylic acids is 1. The van der Waals surface area contributed by atoms with Gasteiger partial charge in [-0.2, -0.15) is 0 Å². The Morgan fingerprint density at radius 1 is 1.36 bits per heavy atom. The fourth-order valence-corrected chi connectivity index (χ4v) is 3.31. The van der Waals surface area contributed by atoms with Gasteiger partial charge < -0.3 is 14.9 Å². The number of alkyl halides is 1. The van der Waals surface area contributed by atoms with Crippen molar-refractivity contribution >= 4 is 23.5 Å². The third kappa shape index (κ3) is 3.08. The highest BCUT2D eigenvalue weighted by Crippen LogP contribution is 2.31. The molecule has 0 saturated carbocycles. The van der Waals surface area contributed by atoms with Gasteiger partial charge >= 0.3 is 5.97 Å². The van der Waals surface area contributed by atoms with Crippen molar-refractivity contribution in [1.29, 1.82) is 0 Å². The number of hydrogen-bond acceptors (Lipinski definition) is 3. The van der Waals surface area contributed by atoms with Gasteiger partial charge in [-0.15, -0.1) is 0 Å². The van der Waals surface area contributed by atoms with Crippen molar-refractivity contribution in [2.45, 2.75) is 25.4 Å². The lowest BCUT2D eigenvalue weighted by Gasteiger charge is -2.22. The Balaban J connectivity index is 1.71. The zero-order chi connectivity index (χ0) is 18.4. The van der Waals surface area contributed by atoms with E-state index in [1.165, 1.54) is 28.0 Å². The number of halogens is 2. The molecule has 2 atom stereocenters. The summed E-state index contributed by atoms with van der Waals surface area (Å²) in [5.74, 6) is -3.31. The molecule has 6 nitrogen and oxygen atoms in total. The van der Waals surface area contributed by atoms with Crippen LogP contribution in [0.25, 0.3) is 0 Å². The van der Waals surface area contributed by atoms with Crippen molar-refractivity contribution in [2.75, 3.05) is 24.5 Å². The van der Waals surface area contributed by atoms with Crippen LogP contribution in [0.4, 0.5) is 14.5 Å². The third-order valence-electron chi connectivity index (χ3n) is 4.84.